The number of aromatic nitrogens is 3. The van der Waals surface area contributed by atoms with Gasteiger partial charge in [0.05, 0.1) is 18.0 Å². The van der Waals surface area contributed by atoms with Crippen LogP contribution in [0.15, 0.2) is 35.5 Å². The standard InChI is InChI=1S/C13H15ClN4OS/c1-9(10-3-5-11(14)6-4-10)18(2)13(19)8-20-12-7-15-17-16-12/h3-7,9H,8H2,1-2H3,(H,15,16,17)/t9-/m1/s1. The number of benzene rings is 1. The first-order valence-corrected chi connectivity index (χ1v) is 7.44. The minimum atomic E-state index is -0.00215. The summed E-state index contributed by atoms with van der Waals surface area (Å²) in [5.41, 5.74) is 1.05. The molecule has 2 rings (SSSR count). The van der Waals surface area contributed by atoms with Crippen molar-refractivity contribution in [2.24, 2.45) is 0 Å². The summed E-state index contributed by atoms with van der Waals surface area (Å²) >= 11 is 7.23. The number of nitrogens with one attached hydrogen (secondary N) is 1. The van der Waals surface area contributed by atoms with E-state index in [1.165, 1.54) is 11.8 Å². The van der Waals surface area contributed by atoms with Crippen molar-refractivity contribution >= 4 is 29.3 Å². The van der Waals surface area contributed by atoms with Gasteiger partial charge in [0.1, 0.15) is 5.03 Å². The quantitative estimate of drug-likeness (QED) is 0.863. The molecule has 106 valence electrons. The second kappa shape index (κ2) is 6.76. The minimum Gasteiger partial charge on any atom is -0.338 e. The van der Waals surface area contributed by atoms with Crippen molar-refractivity contribution in [1.29, 1.82) is 0 Å². The van der Waals surface area contributed by atoms with Crippen LogP contribution < -0.4 is 0 Å². The van der Waals surface area contributed by atoms with E-state index in [1.807, 2.05) is 31.2 Å². The van der Waals surface area contributed by atoms with Gasteiger partial charge < -0.3 is 4.90 Å². The van der Waals surface area contributed by atoms with Crippen LogP contribution in [-0.2, 0) is 4.79 Å². The average Bonchev–Trinajstić information content (AvgIpc) is 2.97. The van der Waals surface area contributed by atoms with Crippen LogP contribution in [0.1, 0.15) is 18.5 Å². The van der Waals surface area contributed by atoms with Gasteiger partial charge in [-0.25, -0.2) is 0 Å². The number of thioether (sulfide) groups is 1. The third kappa shape index (κ3) is 3.74. The van der Waals surface area contributed by atoms with Crippen molar-refractivity contribution in [1.82, 2.24) is 20.3 Å². The van der Waals surface area contributed by atoms with E-state index in [1.54, 1.807) is 18.1 Å². The molecule has 1 aromatic heterocycles. The second-order valence-electron chi connectivity index (χ2n) is 4.33. The van der Waals surface area contributed by atoms with Crippen molar-refractivity contribution < 1.29 is 4.79 Å². The molecule has 0 radical (unpaired) electrons. The molecular formula is C13H15ClN4OS. The van der Waals surface area contributed by atoms with Gasteiger partial charge in [-0.05, 0) is 24.6 Å². The van der Waals surface area contributed by atoms with Gasteiger partial charge in [0.2, 0.25) is 5.91 Å². The highest BCUT2D eigenvalue weighted by molar-refractivity contribution is 7.99. The van der Waals surface area contributed by atoms with E-state index in [0.29, 0.717) is 15.8 Å². The van der Waals surface area contributed by atoms with Gasteiger partial charge in [-0.2, -0.15) is 10.3 Å². The molecule has 1 heterocycles. The number of hydrogen-bond donors (Lipinski definition) is 1. The molecule has 1 N–H and O–H groups in total. The molecule has 1 aromatic carbocycles. The zero-order chi connectivity index (χ0) is 14.5. The average molecular weight is 311 g/mol. The molecule has 0 aliphatic carbocycles. The highest BCUT2D eigenvalue weighted by Gasteiger charge is 2.17. The van der Waals surface area contributed by atoms with E-state index >= 15 is 0 Å². The molecule has 20 heavy (non-hydrogen) atoms. The van der Waals surface area contributed by atoms with Gasteiger partial charge in [0.25, 0.3) is 0 Å². The largest absolute Gasteiger partial charge is 0.338 e. The van der Waals surface area contributed by atoms with Crippen molar-refractivity contribution in [3.05, 3.63) is 41.0 Å². The Kier molecular flexibility index (Phi) is 5.03. The number of hydrogen-bond acceptors (Lipinski definition) is 4. The van der Waals surface area contributed by atoms with Crippen molar-refractivity contribution in [3.8, 4) is 0 Å². The topological polar surface area (TPSA) is 61.9 Å². The van der Waals surface area contributed by atoms with E-state index in [-0.39, 0.29) is 11.9 Å². The summed E-state index contributed by atoms with van der Waals surface area (Å²) in [6, 6.07) is 7.52. The summed E-state index contributed by atoms with van der Waals surface area (Å²) in [4.78, 5) is 13.9. The number of amides is 1. The predicted molar refractivity (Wildman–Crippen MR) is 79.7 cm³/mol. The number of nitrogens with zero attached hydrogens (tertiary/aromatic N) is 3. The third-order valence-electron chi connectivity index (χ3n) is 3.06. The summed E-state index contributed by atoms with van der Waals surface area (Å²) in [6.07, 6.45) is 1.60. The molecule has 0 fully saturated rings. The van der Waals surface area contributed by atoms with Gasteiger partial charge in [0.15, 0.2) is 0 Å². The summed E-state index contributed by atoms with van der Waals surface area (Å²) < 4.78 is 0. The predicted octanol–water partition coefficient (Wildman–Crippen LogP) is 2.77. The molecule has 2 aromatic rings. The Labute approximate surface area is 126 Å². The Hall–Kier alpha value is -1.53. The maximum Gasteiger partial charge on any atom is 0.233 e. The van der Waals surface area contributed by atoms with Crippen molar-refractivity contribution in [3.63, 3.8) is 0 Å². The lowest BCUT2D eigenvalue weighted by Crippen LogP contribution is -2.31. The summed E-state index contributed by atoms with van der Waals surface area (Å²) in [5.74, 6) is 0.376. The van der Waals surface area contributed by atoms with Crippen LogP contribution in [-0.4, -0.2) is 39.0 Å². The van der Waals surface area contributed by atoms with Crippen molar-refractivity contribution in [2.45, 2.75) is 18.0 Å². The Morgan fingerprint density at radius 2 is 2.15 bits per heavy atom. The lowest BCUT2D eigenvalue weighted by atomic mass is 10.1. The van der Waals surface area contributed by atoms with E-state index in [9.17, 15) is 4.79 Å². The fourth-order valence-corrected chi connectivity index (χ4v) is 2.51. The molecule has 5 nitrogen and oxygen atoms in total. The fraction of sp³-hybridized carbons (Fsp3) is 0.308. The lowest BCUT2D eigenvalue weighted by molar-refractivity contribution is -0.128. The van der Waals surface area contributed by atoms with Crippen LogP contribution >= 0.6 is 23.4 Å². The van der Waals surface area contributed by atoms with Crippen LogP contribution in [0.2, 0.25) is 5.02 Å². The summed E-state index contributed by atoms with van der Waals surface area (Å²) in [5, 5.41) is 11.5. The van der Waals surface area contributed by atoms with E-state index in [2.05, 4.69) is 15.4 Å². The molecule has 0 saturated heterocycles. The Bertz CT molecular complexity index is 558. The van der Waals surface area contributed by atoms with Gasteiger partial charge in [0, 0.05) is 12.1 Å². The Balaban J connectivity index is 1.93. The molecule has 1 amide bonds. The van der Waals surface area contributed by atoms with Gasteiger partial charge in [-0.3, -0.25) is 4.79 Å². The van der Waals surface area contributed by atoms with E-state index in [4.69, 9.17) is 11.6 Å². The second-order valence-corrected chi connectivity index (χ2v) is 5.76. The van der Waals surface area contributed by atoms with Gasteiger partial charge >= 0.3 is 0 Å². The first-order valence-electron chi connectivity index (χ1n) is 6.07. The third-order valence-corrected chi connectivity index (χ3v) is 4.20. The SMILES string of the molecule is C[C@H](c1ccc(Cl)cc1)N(C)C(=O)CSc1cn[nH]n1. The lowest BCUT2D eigenvalue weighted by Gasteiger charge is -2.25. The van der Waals surface area contributed by atoms with Gasteiger partial charge in [-0.1, -0.05) is 35.5 Å². The molecule has 0 saturated carbocycles. The zero-order valence-corrected chi connectivity index (χ0v) is 12.8. The van der Waals surface area contributed by atoms with Crippen LogP contribution in [0, 0.1) is 0 Å². The maximum atomic E-state index is 12.1. The number of H-pyrrole nitrogens is 1. The van der Waals surface area contributed by atoms with Crippen LogP contribution in [0.25, 0.3) is 0 Å². The van der Waals surface area contributed by atoms with Crippen LogP contribution in [0.5, 0.6) is 0 Å². The molecule has 0 bridgehead atoms. The highest BCUT2D eigenvalue weighted by Crippen LogP contribution is 2.22. The molecule has 0 aliphatic rings. The number of rotatable bonds is 5. The van der Waals surface area contributed by atoms with Gasteiger partial charge in [-0.15, -0.1) is 5.10 Å². The smallest absolute Gasteiger partial charge is 0.233 e. The first kappa shape index (κ1) is 14.9. The molecule has 0 unspecified atom stereocenters. The Morgan fingerprint density at radius 1 is 1.45 bits per heavy atom. The number of carbonyl (C=O) groups is 1. The minimum absolute atomic E-state index is 0.00215. The molecular weight excluding hydrogens is 296 g/mol. The van der Waals surface area contributed by atoms with E-state index < -0.39 is 0 Å². The van der Waals surface area contributed by atoms with Crippen LogP contribution in [0.3, 0.4) is 0 Å². The Morgan fingerprint density at radius 3 is 2.75 bits per heavy atom. The molecule has 0 spiro atoms. The highest BCUT2D eigenvalue weighted by atomic mass is 35.5. The normalized spacial score (nSPS) is 12.2. The van der Waals surface area contributed by atoms with E-state index in [0.717, 1.165) is 5.56 Å². The monoisotopic (exact) mass is 310 g/mol. The fourth-order valence-electron chi connectivity index (χ4n) is 1.68. The zero-order valence-electron chi connectivity index (χ0n) is 11.2. The molecule has 0 aliphatic heterocycles. The number of aromatic amines is 1. The van der Waals surface area contributed by atoms with Crippen molar-refractivity contribution in [2.75, 3.05) is 12.8 Å². The maximum absolute atomic E-state index is 12.1. The van der Waals surface area contributed by atoms with Crippen LogP contribution in [0.4, 0.5) is 0 Å². The molecule has 1 atom stereocenters. The molecule has 7 heteroatoms. The first-order chi connectivity index (χ1) is 9.58. The summed E-state index contributed by atoms with van der Waals surface area (Å²) in [7, 11) is 1.80. The summed E-state index contributed by atoms with van der Waals surface area (Å²) in [6.45, 7) is 1.99. The number of carbonyl (C=O) groups excluding carboxylic acids is 1. The number of halogens is 1.